The Hall–Kier alpha value is -3.39. The Labute approximate surface area is 204 Å². The zero-order valence-electron chi connectivity index (χ0n) is 20.6. The minimum absolute atomic E-state index is 0.0202. The fraction of sp³-hybridized carbons (Fsp3) is 0.444. The first-order chi connectivity index (χ1) is 17.0. The van der Waals surface area contributed by atoms with Crippen molar-refractivity contribution in [3.05, 3.63) is 42.1 Å². The van der Waals surface area contributed by atoms with Crippen molar-refractivity contribution in [2.75, 3.05) is 20.2 Å². The van der Waals surface area contributed by atoms with E-state index in [-0.39, 0.29) is 11.9 Å². The van der Waals surface area contributed by atoms with Crippen molar-refractivity contribution in [2.45, 2.75) is 44.7 Å². The highest BCUT2D eigenvalue weighted by molar-refractivity contribution is 6.00. The van der Waals surface area contributed by atoms with Gasteiger partial charge in [0.15, 0.2) is 5.82 Å². The van der Waals surface area contributed by atoms with Gasteiger partial charge >= 0.3 is 0 Å². The van der Waals surface area contributed by atoms with E-state index in [1.54, 1.807) is 7.11 Å². The van der Waals surface area contributed by atoms with E-state index in [2.05, 4.69) is 28.2 Å². The molecule has 0 spiro atoms. The minimum Gasteiger partial charge on any atom is -0.494 e. The van der Waals surface area contributed by atoms with E-state index < -0.39 is 0 Å². The molecule has 2 aliphatic rings. The molecule has 0 bridgehead atoms. The van der Waals surface area contributed by atoms with E-state index in [1.807, 2.05) is 36.3 Å². The third-order valence-corrected chi connectivity index (χ3v) is 7.68. The predicted octanol–water partition coefficient (Wildman–Crippen LogP) is 4.13. The van der Waals surface area contributed by atoms with E-state index in [0.29, 0.717) is 29.8 Å². The number of rotatable bonds is 5. The number of piperidine rings is 1. The highest BCUT2D eigenvalue weighted by Crippen LogP contribution is 2.43. The highest BCUT2D eigenvalue weighted by atomic mass is 16.5. The summed E-state index contributed by atoms with van der Waals surface area (Å²) in [4.78, 5) is 24.9. The lowest BCUT2D eigenvalue weighted by atomic mass is 10.0. The van der Waals surface area contributed by atoms with Gasteiger partial charge in [-0.3, -0.25) is 4.79 Å². The lowest BCUT2D eigenvalue weighted by Crippen LogP contribution is -2.45. The van der Waals surface area contributed by atoms with Crippen LogP contribution in [0.15, 0.2) is 36.5 Å². The summed E-state index contributed by atoms with van der Waals surface area (Å²) in [5.74, 6) is 2.13. The molecule has 8 nitrogen and oxygen atoms in total. The summed E-state index contributed by atoms with van der Waals surface area (Å²) in [5.41, 5.74) is 10.4. The molecule has 2 atom stereocenters. The van der Waals surface area contributed by atoms with Gasteiger partial charge in [-0.05, 0) is 68.9 Å². The average Bonchev–Trinajstić information content (AvgIpc) is 3.57. The van der Waals surface area contributed by atoms with E-state index in [9.17, 15) is 4.79 Å². The molecule has 1 saturated heterocycles. The highest BCUT2D eigenvalue weighted by Gasteiger charge is 2.33. The van der Waals surface area contributed by atoms with Gasteiger partial charge in [0, 0.05) is 49.4 Å². The van der Waals surface area contributed by atoms with Gasteiger partial charge in [0.2, 0.25) is 0 Å². The first-order valence-corrected chi connectivity index (χ1v) is 12.5. The van der Waals surface area contributed by atoms with E-state index in [0.717, 1.165) is 53.0 Å². The zero-order chi connectivity index (χ0) is 24.3. The lowest BCUT2D eigenvalue weighted by Gasteiger charge is -2.30. The summed E-state index contributed by atoms with van der Waals surface area (Å²) in [6, 6.07) is 10.3. The Morgan fingerprint density at radius 2 is 2.06 bits per heavy atom. The van der Waals surface area contributed by atoms with Gasteiger partial charge in [0.05, 0.1) is 18.3 Å². The summed E-state index contributed by atoms with van der Waals surface area (Å²) in [6.45, 7) is 3.59. The Bertz CT molecular complexity index is 1430. The van der Waals surface area contributed by atoms with Gasteiger partial charge in [0.25, 0.3) is 5.91 Å². The van der Waals surface area contributed by atoms with Crippen LogP contribution in [0.2, 0.25) is 0 Å². The molecule has 182 valence electrons. The summed E-state index contributed by atoms with van der Waals surface area (Å²) >= 11 is 0. The smallest absolute Gasteiger partial charge is 0.254 e. The number of carbonyl (C=O) groups is 1. The summed E-state index contributed by atoms with van der Waals surface area (Å²) < 4.78 is 10.2. The van der Waals surface area contributed by atoms with Gasteiger partial charge < -0.3 is 24.5 Å². The van der Waals surface area contributed by atoms with Crippen LogP contribution in [-0.2, 0) is 7.05 Å². The number of aromatic nitrogens is 4. The molecule has 4 aromatic rings. The first-order valence-electron chi connectivity index (χ1n) is 12.5. The van der Waals surface area contributed by atoms with Crippen molar-refractivity contribution in [1.82, 2.24) is 24.0 Å². The van der Waals surface area contributed by atoms with E-state index in [1.165, 1.54) is 12.8 Å². The van der Waals surface area contributed by atoms with Crippen LogP contribution in [0.25, 0.3) is 33.6 Å². The number of imidazole rings is 1. The first kappa shape index (κ1) is 22.1. The Balaban J connectivity index is 1.49. The van der Waals surface area contributed by atoms with Crippen LogP contribution in [0.4, 0.5) is 0 Å². The van der Waals surface area contributed by atoms with Gasteiger partial charge in [-0.1, -0.05) is 0 Å². The van der Waals surface area contributed by atoms with Crippen molar-refractivity contribution >= 4 is 28.0 Å². The monoisotopic (exact) mass is 472 g/mol. The molecule has 1 aliphatic heterocycles. The number of methoxy groups -OCH3 is 1. The van der Waals surface area contributed by atoms with Crippen LogP contribution in [0.1, 0.15) is 49.0 Å². The molecule has 4 heterocycles. The normalized spacial score (nSPS) is 19.4. The molecule has 3 aromatic heterocycles. The Morgan fingerprint density at radius 3 is 2.80 bits per heavy atom. The van der Waals surface area contributed by atoms with E-state index in [4.69, 9.17) is 20.4 Å². The van der Waals surface area contributed by atoms with Crippen molar-refractivity contribution < 1.29 is 9.53 Å². The molecule has 1 saturated carbocycles. The Kier molecular flexibility index (Phi) is 5.29. The van der Waals surface area contributed by atoms with Crippen LogP contribution < -0.4 is 10.5 Å². The molecule has 35 heavy (non-hydrogen) atoms. The number of nitrogens with zero attached hydrogens (tertiary/aromatic N) is 5. The second-order valence-corrected chi connectivity index (χ2v) is 10.1. The molecule has 1 amide bonds. The molecule has 2 fully saturated rings. The number of hydrogen-bond acceptors (Lipinski definition) is 5. The second-order valence-electron chi connectivity index (χ2n) is 10.1. The number of pyridine rings is 1. The third kappa shape index (κ3) is 3.67. The van der Waals surface area contributed by atoms with Gasteiger partial charge in [-0.15, -0.1) is 0 Å². The molecular weight excluding hydrogens is 440 g/mol. The van der Waals surface area contributed by atoms with Gasteiger partial charge in [-0.2, -0.15) is 0 Å². The number of hydrogen-bond donors (Lipinski definition) is 1. The number of nitrogens with two attached hydrogens (primary N) is 1. The Morgan fingerprint density at radius 1 is 1.23 bits per heavy atom. The van der Waals surface area contributed by atoms with Crippen LogP contribution in [0.3, 0.4) is 0 Å². The van der Waals surface area contributed by atoms with Crippen LogP contribution in [-0.4, -0.2) is 56.2 Å². The molecule has 8 heteroatoms. The third-order valence-electron chi connectivity index (χ3n) is 7.68. The molecule has 2 N–H and O–H groups in total. The van der Waals surface area contributed by atoms with Crippen molar-refractivity contribution in [2.24, 2.45) is 18.7 Å². The molecule has 0 radical (unpaired) electrons. The summed E-state index contributed by atoms with van der Waals surface area (Å²) in [6.07, 6.45) is 6.23. The largest absolute Gasteiger partial charge is 0.494 e. The molecule has 1 aromatic carbocycles. The number of benzene rings is 1. The van der Waals surface area contributed by atoms with E-state index >= 15 is 0 Å². The molecule has 1 aliphatic carbocycles. The summed E-state index contributed by atoms with van der Waals surface area (Å²) in [5, 5.41) is 1.10. The maximum atomic E-state index is 13.3. The average molecular weight is 473 g/mol. The van der Waals surface area contributed by atoms with Crippen molar-refractivity contribution in [3.63, 3.8) is 0 Å². The number of fused-ring (bicyclic) bond motifs is 2. The maximum Gasteiger partial charge on any atom is 0.254 e. The van der Waals surface area contributed by atoms with Crippen LogP contribution >= 0.6 is 0 Å². The number of aryl methyl sites for hydroxylation is 1. The quantitative estimate of drug-likeness (QED) is 0.472. The SMILES string of the molecule is COc1cc(C(=O)N2CCC[C@@H](N)C2)cc2nc(-c3cc4cccnc4n3[C@H](C)C3CC3)n(C)c12. The van der Waals surface area contributed by atoms with Crippen LogP contribution in [0.5, 0.6) is 5.75 Å². The second kappa shape index (κ2) is 8.37. The van der Waals surface area contributed by atoms with Crippen molar-refractivity contribution in [1.29, 1.82) is 0 Å². The fourth-order valence-corrected chi connectivity index (χ4v) is 5.62. The zero-order valence-corrected chi connectivity index (χ0v) is 20.6. The predicted molar refractivity (Wildman–Crippen MR) is 137 cm³/mol. The van der Waals surface area contributed by atoms with Crippen molar-refractivity contribution in [3.8, 4) is 17.3 Å². The number of amides is 1. The maximum absolute atomic E-state index is 13.3. The van der Waals surface area contributed by atoms with Crippen LogP contribution in [0, 0.1) is 5.92 Å². The molecular formula is C27H32N6O2. The minimum atomic E-state index is -0.0202. The topological polar surface area (TPSA) is 91.2 Å². The fourth-order valence-electron chi connectivity index (χ4n) is 5.62. The lowest BCUT2D eigenvalue weighted by molar-refractivity contribution is 0.0708. The number of carbonyl (C=O) groups excluding carboxylic acids is 1. The van der Waals surface area contributed by atoms with Gasteiger partial charge in [-0.25, -0.2) is 9.97 Å². The summed E-state index contributed by atoms with van der Waals surface area (Å²) in [7, 11) is 3.65. The van der Waals surface area contributed by atoms with Gasteiger partial charge in [0.1, 0.15) is 16.9 Å². The molecule has 0 unspecified atom stereocenters. The molecule has 6 rings (SSSR count). The standard InChI is InChI=1S/C27H32N6O2/c1-16(17-8-9-17)33-22(13-18-6-4-10-29-25(18)33)26-30-21-12-19(14-23(35-3)24(21)31(26)2)27(34)32-11-5-7-20(28)15-32/h4,6,10,12-14,16-17,20H,5,7-9,11,15,28H2,1-3H3/t16-,20-/m1/s1. The number of ether oxygens (including phenoxy) is 1. The number of likely N-dealkylation sites (tertiary alicyclic amines) is 1.